The van der Waals surface area contributed by atoms with Gasteiger partial charge in [0.2, 0.25) is 0 Å². The lowest BCUT2D eigenvalue weighted by atomic mass is 10.0. The number of aliphatic hydroxyl groups excluding tert-OH is 1. The van der Waals surface area contributed by atoms with Crippen molar-refractivity contribution < 1.29 is 5.11 Å². The molecule has 16 heavy (non-hydrogen) atoms. The van der Waals surface area contributed by atoms with E-state index in [-0.39, 0.29) is 0 Å². The van der Waals surface area contributed by atoms with Gasteiger partial charge >= 0.3 is 0 Å². The molecule has 1 N–H and O–H groups in total. The highest BCUT2D eigenvalue weighted by atomic mass is 16.3. The van der Waals surface area contributed by atoms with E-state index in [4.69, 9.17) is 0 Å². The molecule has 2 aromatic rings. The highest BCUT2D eigenvalue weighted by molar-refractivity contribution is 5.32. The maximum atomic E-state index is 10.1. The fraction of sp³-hybridized carbons (Fsp3) is 0.231. The predicted molar refractivity (Wildman–Crippen MR) is 62.0 cm³/mol. The fourth-order valence-electron chi connectivity index (χ4n) is 1.54. The third-order valence-corrected chi connectivity index (χ3v) is 2.68. The predicted octanol–water partition coefficient (Wildman–Crippen LogP) is 2.18. The third-order valence-electron chi connectivity index (χ3n) is 2.68. The Morgan fingerprint density at radius 1 is 1.06 bits per heavy atom. The van der Waals surface area contributed by atoms with Gasteiger partial charge in [-0.3, -0.25) is 0 Å². The summed E-state index contributed by atoms with van der Waals surface area (Å²) in [6.45, 7) is 4.07. The van der Waals surface area contributed by atoms with Crippen LogP contribution in [0.4, 0.5) is 0 Å². The molecule has 0 saturated heterocycles. The van der Waals surface area contributed by atoms with Gasteiger partial charge in [0, 0.05) is 12.4 Å². The summed E-state index contributed by atoms with van der Waals surface area (Å²) in [5.74, 6) is 0.436. The van der Waals surface area contributed by atoms with Crippen LogP contribution < -0.4 is 0 Å². The maximum Gasteiger partial charge on any atom is 0.161 e. The molecule has 82 valence electrons. The molecule has 1 aromatic heterocycles. The highest BCUT2D eigenvalue weighted by Gasteiger charge is 2.12. The van der Waals surface area contributed by atoms with Gasteiger partial charge in [-0.05, 0) is 36.6 Å². The lowest BCUT2D eigenvalue weighted by molar-refractivity contribution is 0.209. The topological polar surface area (TPSA) is 46.0 Å². The minimum Gasteiger partial charge on any atom is -0.380 e. The van der Waals surface area contributed by atoms with Crippen LogP contribution in [0.2, 0.25) is 0 Å². The van der Waals surface area contributed by atoms with E-state index in [2.05, 4.69) is 9.97 Å². The molecule has 0 aliphatic carbocycles. The molecule has 0 bridgehead atoms. The maximum absolute atomic E-state index is 10.1. The average Bonchev–Trinajstić information content (AvgIpc) is 2.33. The minimum atomic E-state index is -0.750. The van der Waals surface area contributed by atoms with Crippen molar-refractivity contribution in [1.82, 2.24) is 9.97 Å². The zero-order valence-electron chi connectivity index (χ0n) is 9.38. The molecule has 0 radical (unpaired) electrons. The van der Waals surface area contributed by atoms with Crippen molar-refractivity contribution in [1.29, 1.82) is 0 Å². The molecule has 0 saturated carbocycles. The molecule has 3 heteroatoms. The van der Waals surface area contributed by atoms with Gasteiger partial charge in [-0.25, -0.2) is 9.97 Å². The molecule has 0 spiro atoms. The Morgan fingerprint density at radius 2 is 1.75 bits per heavy atom. The quantitative estimate of drug-likeness (QED) is 0.833. The zero-order valence-corrected chi connectivity index (χ0v) is 9.38. The summed E-state index contributed by atoms with van der Waals surface area (Å²) in [6, 6.07) is 7.60. The first kappa shape index (κ1) is 10.8. The number of hydrogen-bond acceptors (Lipinski definition) is 3. The number of nitrogens with zero attached hydrogens (tertiary/aromatic N) is 2. The average molecular weight is 214 g/mol. The third kappa shape index (κ3) is 2.09. The Morgan fingerprint density at radius 3 is 2.38 bits per heavy atom. The molecule has 1 heterocycles. The van der Waals surface area contributed by atoms with Gasteiger partial charge in [-0.2, -0.15) is 0 Å². The van der Waals surface area contributed by atoms with Crippen LogP contribution in [0.1, 0.15) is 28.6 Å². The normalized spacial score (nSPS) is 12.4. The SMILES string of the molecule is Cc1ccc(C(O)c2ncccn2)cc1C. The van der Waals surface area contributed by atoms with Crippen LogP contribution in [0.25, 0.3) is 0 Å². The van der Waals surface area contributed by atoms with Gasteiger partial charge in [-0.15, -0.1) is 0 Å². The molecular formula is C13H14N2O. The number of aromatic nitrogens is 2. The van der Waals surface area contributed by atoms with Crippen molar-refractivity contribution in [2.24, 2.45) is 0 Å². The number of hydrogen-bond donors (Lipinski definition) is 1. The molecule has 0 fully saturated rings. The van der Waals surface area contributed by atoms with E-state index in [0.717, 1.165) is 11.1 Å². The summed E-state index contributed by atoms with van der Waals surface area (Å²) in [6.07, 6.45) is 2.51. The van der Waals surface area contributed by atoms with Gasteiger partial charge in [0.05, 0.1) is 0 Å². The monoisotopic (exact) mass is 214 g/mol. The summed E-state index contributed by atoms with van der Waals surface area (Å²) < 4.78 is 0. The van der Waals surface area contributed by atoms with E-state index in [0.29, 0.717) is 5.82 Å². The number of aliphatic hydroxyl groups is 1. The molecule has 3 nitrogen and oxygen atoms in total. The smallest absolute Gasteiger partial charge is 0.161 e. The van der Waals surface area contributed by atoms with E-state index in [1.165, 1.54) is 5.56 Å². The molecule has 1 aromatic carbocycles. The van der Waals surface area contributed by atoms with Crippen LogP contribution in [0, 0.1) is 13.8 Å². The van der Waals surface area contributed by atoms with Crippen molar-refractivity contribution in [3.8, 4) is 0 Å². The minimum absolute atomic E-state index is 0.436. The van der Waals surface area contributed by atoms with Crippen LogP contribution in [0.5, 0.6) is 0 Å². The lowest BCUT2D eigenvalue weighted by Gasteiger charge is -2.11. The van der Waals surface area contributed by atoms with Gasteiger partial charge in [0.1, 0.15) is 6.10 Å². The first-order valence-electron chi connectivity index (χ1n) is 5.20. The van der Waals surface area contributed by atoms with Crippen LogP contribution in [0.3, 0.4) is 0 Å². The van der Waals surface area contributed by atoms with Crippen molar-refractivity contribution in [3.05, 3.63) is 59.2 Å². The van der Waals surface area contributed by atoms with Gasteiger partial charge in [0.25, 0.3) is 0 Å². The summed E-state index contributed by atoms with van der Waals surface area (Å²) >= 11 is 0. The molecule has 1 unspecified atom stereocenters. The van der Waals surface area contributed by atoms with Crippen LogP contribution in [-0.4, -0.2) is 15.1 Å². The Labute approximate surface area is 94.8 Å². The molecule has 0 aliphatic heterocycles. The molecule has 2 rings (SSSR count). The van der Waals surface area contributed by atoms with Gasteiger partial charge in [0.15, 0.2) is 5.82 Å². The van der Waals surface area contributed by atoms with Crippen molar-refractivity contribution in [2.45, 2.75) is 20.0 Å². The lowest BCUT2D eigenvalue weighted by Crippen LogP contribution is -2.05. The Hall–Kier alpha value is -1.74. The van der Waals surface area contributed by atoms with Crippen LogP contribution in [-0.2, 0) is 0 Å². The highest BCUT2D eigenvalue weighted by Crippen LogP contribution is 2.20. The second kappa shape index (κ2) is 4.41. The Balaban J connectivity index is 2.34. The summed E-state index contributed by atoms with van der Waals surface area (Å²) in [5, 5.41) is 10.1. The van der Waals surface area contributed by atoms with E-state index in [1.54, 1.807) is 18.5 Å². The summed E-state index contributed by atoms with van der Waals surface area (Å²) in [7, 11) is 0. The van der Waals surface area contributed by atoms with Crippen molar-refractivity contribution in [3.63, 3.8) is 0 Å². The second-order valence-electron chi connectivity index (χ2n) is 3.85. The number of benzene rings is 1. The van der Waals surface area contributed by atoms with Crippen molar-refractivity contribution in [2.75, 3.05) is 0 Å². The second-order valence-corrected chi connectivity index (χ2v) is 3.85. The van der Waals surface area contributed by atoms with E-state index in [1.807, 2.05) is 32.0 Å². The molecule has 0 aliphatic rings. The largest absolute Gasteiger partial charge is 0.380 e. The van der Waals surface area contributed by atoms with E-state index >= 15 is 0 Å². The number of rotatable bonds is 2. The van der Waals surface area contributed by atoms with Crippen LogP contribution in [0.15, 0.2) is 36.7 Å². The zero-order chi connectivity index (χ0) is 11.5. The number of aryl methyl sites for hydroxylation is 2. The molecular weight excluding hydrogens is 200 g/mol. The first-order chi connectivity index (χ1) is 7.68. The van der Waals surface area contributed by atoms with E-state index < -0.39 is 6.10 Å². The standard InChI is InChI=1S/C13H14N2O/c1-9-4-5-11(8-10(9)2)12(16)13-14-6-3-7-15-13/h3-8,12,16H,1-2H3. The van der Waals surface area contributed by atoms with Crippen molar-refractivity contribution >= 4 is 0 Å². The van der Waals surface area contributed by atoms with Gasteiger partial charge in [-0.1, -0.05) is 18.2 Å². The van der Waals surface area contributed by atoms with Gasteiger partial charge < -0.3 is 5.11 Å². The first-order valence-corrected chi connectivity index (χ1v) is 5.20. The Bertz CT molecular complexity index is 483. The van der Waals surface area contributed by atoms with E-state index in [9.17, 15) is 5.11 Å². The summed E-state index contributed by atoms with van der Waals surface area (Å²) in [4.78, 5) is 8.09. The Kier molecular flexibility index (Phi) is 2.97. The molecule has 1 atom stereocenters. The fourth-order valence-corrected chi connectivity index (χ4v) is 1.54. The summed E-state index contributed by atoms with van der Waals surface area (Å²) in [5.41, 5.74) is 3.20. The van der Waals surface area contributed by atoms with Crippen LogP contribution >= 0.6 is 0 Å². The molecule has 0 amide bonds.